The first-order chi connectivity index (χ1) is 15.7. The van der Waals surface area contributed by atoms with E-state index in [0.717, 1.165) is 11.3 Å². The third-order valence-electron chi connectivity index (χ3n) is 4.57. The Balaban J connectivity index is 1.65. The lowest BCUT2D eigenvalue weighted by atomic mass is 10.2. The van der Waals surface area contributed by atoms with Gasteiger partial charge in [-0.2, -0.15) is 0 Å². The molecule has 174 valence electrons. The molecule has 1 heterocycles. The predicted octanol–water partition coefficient (Wildman–Crippen LogP) is 3.04. The van der Waals surface area contributed by atoms with E-state index in [9.17, 15) is 13.2 Å². The van der Waals surface area contributed by atoms with Crippen molar-refractivity contribution >= 4 is 33.4 Å². The molecule has 0 spiro atoms. The highest BCUT2D eigenvalue weighted by Gasteiger charge is 2.16. The van der Waals surface area contributed by atoms with Gasteiger partial charge in [-0.15, -0.1) is 16.8 Å². The maximum absolute atomic E-state index is 12.4. The van der Waals surface area contributed by atoms with E-state index in [1.165, 1.54) is 17.8 Å². The number of aryl methyl sites for hydroxylation is 2. The summed E-state index contributed by atoms with van der Waals surface area (Å²) in [5.41, 5.74) is 1.94. The molecule has 0 unspecified atom stereocenters. The normalized spacial score (nSPS) is 11.2. The number of primary sulfonamides is 1. The molecule has 9 nitrogen and oxygen atoms in total. The highest BCUT2D eigenvalue weighted by atomic mass is 32.2. The minimum atomic E-state index is -3.88. The molecule has 3 rings (SSSR count). The Morgan fingerprint density at radius 3 is 2.73 bits per heavy atom. The number of rotatable bonds is 10. The van der Waals surface area contributed by atoms with Crippen LogP contribution in [0.5, 0.6) is 5.75 Å². The van der Waals surface area contributed by atoms with Gasteiger partial charge in [0.2, 0.25) is 15.9 Å². The number of aromatic nitrogens is 3. The molecule has 3 aromatic rings. The molecule has 2 aromatic carbocycles. The SMILES string of the molecule is C=CCn1c(COc2cccc(C)c2)nnc1SCC(=O)Nc1ccc(C)c(S(N)(=O)=O)c1. The zero-order valence-corrected chi connectivity index (χ0v) is 19.9. The molecular formula is C22H25N5O4S2. The molecule has 0 bridgehead atoms. The van der Waals surface area contributed by atoms with Gasteiger partial charge in [0.05, 0.1) is 10.6 Å². The number of anilines is 1. The average Bonchev–Trinajstić information content (AvgIpc) is 3.13. The molecule has 0 saturated carbocycles. The Kier molecular flexibility index (Phi) is 7.90. The number of nitrogens with one attached hydrogen (secondary N) is 1. The van der Waals surface area contributed by atoms with Gasteiger partial charge in [-0.25, -0.2) is 13.6 Å². The maximum atomic E-state index is 12.4. The first kappa shape index (κ1) is 24.5. The van der Waals surface area contributed by atoms with Crippen LogP contribution in [0.25, 0.3) is 0 Å². The molecule has 0 aliphatic heterocycles. The smallest absolute Gasteiger partial charge is 0.238 e. The number of thioether (sulfide) groups is 1. The predicted molar refractivity (Wildman–Crippen MR) is 128 cm³/mol. The van der Waals surface area contributed by atoms with Crippen LogP contribution in [-0.4, -0.2) is 34.8 Å². The van der Waals surface area contributed by atoms with Gasteiger partial charge >= 0.3 is 0 Å². The van der Waals surface area contributed by atoms with Crippen LogP contribution in [-0.2, 0) is 28.0 Å². The zero-order chi connectivity index (χ0) is 24.0. The van der Waals surface area contributed by atoms with E-state index in [-0.39, 0.29) is 23.2 Å². The second kappa shape index (κ2) is 10.6. The topological polar surface area (TPSA) is 129 Å². The van der Waals surface area contributed by atoms with Gasteiger partial charge in [0.25, 0.3) is 0 Å². The number of carbonyl (C=O) groups is 1. The summed E-state index contributed by atoms with van der Waals surface area (Å²) in [5, 5.41) is 16.8. The summed E-state index contributed by atoms with van der Waals surface area (Å²) < 4.78 is 31.0. The standard InChI is InChI=1S/C22H25N5O4S2/c1-4-10-27-20(13-31-18-7-5-6-15(2)11-18)25-26-22(27)32-14-21(28)24-17-9-8-16(3)19(12-17)33(23,29)30/h4-9,11-12H,1,10,13-14H2,2-3H3,(H,24,28)(H2,23,29,30). The fourth-order valence-corrected chi connectivity index (χ4v) is 4.58. The van der Waals surface area contributed by atoms with Crippen molar-refractivity contribution < 1.29 is 17.9 Å². The average molecular weight is 488 g/mol. The van der Waals surface area contributed by atoms with Crippen LogP contribution in [0.3, 0.4) is 0 Å². The van der Waals surface area contributed by atoms with E-state index in [0.29, 0.717) is 28.8 Å². The third kappa shape index (κ3) is 6.67. The lowest BCUT2D eigenvalue weighted by molar-refractivity contribution is -0.113. The molecule has 0 saturated heterocycles. The molecule has 1 aromatic heterocycles. The fraction of sp³-hybridized carbons (Fsp3) is 0.227. The molecule has 1 amide bonds. The Hall–Kier alpha value is -3.15. The van der Waals surface area contributed by atoms with Crippen molar-refractivity contribution in [3.63, 3.8) is 0 Å². The number of allylic oxidation sites excluding steroid dienone is 1. The minimum absolute atomic E-state index is 0.0306. The van der Waals surface area contributed by atoms with Crippen molar-refractivity contribution in [3.05, 3.63) is 72.1 Å². The summed E-state index contributed by atoms with van der Waals surface area (Å²) in [7, 11) is -3.88. The second-order valence-corrected chi connectivity index (χ2v) is 9.74. The molecule has 0 aliphatic rings. The summed E-state index contributed by atoms with van der Waals surface area (Å²) in [6, 6.07) is 12.2. The number of amides is 1. The summed E-state index contributed by atoms with van der Waals surface area (Å²) in [5.74, 6) is 1.06. The highest BCUT2D eigenvalue weighted by molar-refractivity contribution is 7.99. The quantitative estimate of drug-likeness (QED) is 0.332. The van der Waals surface area contributed by atoms with Crippen molar-refractivity contribution in [2.75, 3.05) is 11.1 Å². The van der Waals surface area contributed by atoms with E-state index in [2.05, 4.69) is 22.1 Å². The van der Waals surface area contributed by atoms with Gasteiger partial charge in [-0.05, 0) is 49.2 Å². The van der Waals surface area contributed by atoms with Gasteiger partial charge in [0.15, 0.2) is 11.0 Å². The number of sulfonamides is 1. The van der Waals surface area contributed by atoms with Crippen LogP contribution in [0.4, 0.5) is 5.69 Å². The van der Waals surface area contributed by atoms with Gasteiger partial charge in [0.1, 0.15) is 12.4 Å². The first-order valence-electron chi connectivity index (χ1n) is 9.96. The largest absolute Gasteiger partial charge is 0.486 e. The Morgan fingerprint density at radius 2 is 2.03 bits per heavy atom. The van der Waals surface area contributed by atoms with Crippen molar-refractivity contribution in [3.8, 4) is 5.75 Å². The van der Waals surface area contributed by atoms with Crippen molar-refractivity contribution in [1.29, 1.82) is 0 Å². The first-order valence-corrected chi connectivity index (χ1v) is 12.5. The molecular weight excluding hydrogens is 462 g/mol. The Bertz CT molecular complexity index is 1270. The van der Waals surface area contributed by atoms with Gasteiger partial charge in [-0.1, -0.05) is 36.0 Å². The number of ether oxygens (including phenoxy) is 1. The zero-order valence-electron chi connectivity index (χ0n) is 18.3. The number of benzene rings is 2. The van der Waals surface area contributed by atoms with Crippen molar-refractivity contribution in [2.45, 2.75) is 37.1 Å². The van der Waals surface area contributed by atoms with E-state index in [1.54, 1.807) is 25.1 Å². The number of nitrogens with zero attached hydrogens (tertiary/aromatic N) is 3. The molecule has 11 heteroatoms. The highest BCUT2D eigenvalue weighted by Crippen LogP contribution is 2.22. The van der Waals surface area contributed by atoms with Crippen LogP contribution < -0.4 is 15.2 Å². The number of hydrogen-bond donors (Lipinski definition) is 2. The van der Waals surface area contributed by atoms with Gasteiger partial charge < -0.3 is 10.1 Å². The lowest BCUT2D eigenvalue weighted by Gasteiger charge is -2.10. The third-order valence-corrected chi connectivity index (χ3v) is 6.59. The van der Waals surface area contributed by atoms with Crippen LogP contribution in [0.1, 0.15) is 17.0 Å². The van der Waals surface area contributed by atoms with Gasteiger partial charge in [0, 0.05) is 12.2 Å². The van der Waals surface area contributed by atoms with Crippen LogP contribution in [0, 0.1) is 13.8 Å². The summed E-state index contributed by atoms with van der Waals surface area (Å²) >= 11 is 1.20. The number of nitrogens with two attached hydrogens (primary N) is 1. The molecule has 0 fully saturated rings. The molecule has 0 radical (unpaired) electrons. The van der Waals surface area contributed by atoms with E-state index >= 15 is 0 Å². The van der Waals surface area contributed by atoms with Crippen LogP contribution in [0.15, 0.2) is 65.2 Å². The Labute approximate surface area is 197 Å². The van der Waals surface area contributed by atoms with Crippen LogP contribution in [0.2, 0.25) is 0 Å². The van der Waals surface area contributed by atoms with E-state index in [1.807, 2.05) is 35.8 Å². The summed E-state index contributed by atoms with van der Waals surface area (Å²) in [6.07, 6.45) is 1.71. The molecule has 0 aliphatic carbocycles. The maximum Gasteiger partial charge on any atom is 0.238 e. The monoisotopic (exact) mass is 487 g/mol. The van der Waals surface area contributed by atoms with E-state index in [4.69, 9.17) is 9.88 Å². The fourth-order valence-electron chi connectivity index (χ4n) is 3.01. The van der Waals surface area contributed by atoms with Crippen LogP contribution >= 0.6 is 11.8 Å². The number of hydrogen-bond acceptors (Lipinski definition) is 7. The van der Waals surface area contributed by atoms with Crippen molar-refractivity contribution in [2.24, 2.45) is 5.14 Å². The number of carbonyl (C=O) groups excluding carboxylic acids is 1. The molecule has 3 N–H and O–H groups in total. The molecule has 33 heavy (non-hydrogen) atoms. The summed E-state index contributed by atoms with van der Waals surface area (Å²) in [6.45, 7) is 8.06. The molecule has 0 atom stereocenters. The van der Waals surface area contributed by atoms with E-state index < -0.39 is 10.0 Å². The Morgan fingerprint density at radius 1 is 1.24 bits per heavy atom. The van der Waals surface area contributed by atoms with Crippen molar-refractivity contribution in [1.82, 2.24) is 14.8 Å². The lowest BCUT2D eigenvalue weighted by Crippen LogP contribution is -2.17. The minimum Gasteiger partial charge on any atom is -0.486 e. The second-order valence-electron chi connectivity index (χ2n) is 7.27. The summed E-state index contributed by atoms with van der Waals surface area (Å²) in [4.78, 5) is 12.4. The van der Waals surface area contributed by atoms with Gasteiger partial charge in [-0.3, -0.25) is 9.36 Å².